The van der Waals surface area contributed by atoms with Gasteiger partial charge in [-0.25, -0.2) is 0 Å². The molecule has 0 spiro atoms. The Morgan fingerprint density at radius 3 is 1.77 bits per heavy atom. The van der Waals surface area contributed by atoms with Gasteiger partial charge in [0.25, 0.3) is 0 Å². The molecule has 0 saturated heterocycles. The molecule has 3 nitrogen and oxygen atoms in total. The van der Waals surface area contributed by atoms with Crippen LogP contribution in [0, 0.1) is 10.8 Å². The van der Waals surface area contributed by atoms with Gasteiger partial charge in [0.15, 0.2) is 0 Å². The fourth-order valence-corrected chi connectivity index (χ4v) is 6.24. The molecule has 1 unspecified atom stereocenters. The maximum Gasteiger partial charge on any atom is 0.308 e. The number of benzene rings is 2. The van der Waals surface area contributed by atoms with Crippen molar-refractivity contribution in [1.82, 2.24) is 0 Å². The first-order valence-electron chi connectivity index (χ1n) is 13.0. The lowest BCUT2D eigenvalue weighted by Gasteiger charge is -2.34. The van der Waals surface area contributed by atoms with Gasteiger partial charge in [-0.05, 0) is 57.8 Å². The molecule has 2 aromatic carbocycles. The van der Waals surface area contributed by atoms with Gasteiger partial charge in [0.05, 0.1) is 12.5 Å². The zero-order chi connectivity index (χ0) is 26.4. The fourth-order valence-electron chi connectivity index (χ4n) is 6.24. The number of fused-ring (bicyclic) bond motifs is 1. The largest absolute Gasteiger partial charge is 0.492 e. The van der Waals surface area contributed by atoms with Crippen LogP contribution in [0.3, 0.4) is 0 Å². The average molecular weight is 479 g/mol. The maximum absolute atomic E-state index is 12.0. The molecule has 0 saturated carbocycles. The minimum atomic E-state index is -0.299. The molecule has 0 fully saturated rings. The van der Waals surface area contributed by atoms with Crippen molar-refractivity contribution < 1.29 is 14.3 Å². The topological polar surface area (TPSA) is 35.5 Å². The van der Waals surface area contributed by atoms with Gasteiger partial charge in [0.2, 0.25) is 0 Å². The second-order valence-corrected chi connectivity index (χ2v) is 14.2. The van der Waals surface area contributed by atoms with E-state index in [9.17, 15) is 4.79 Å². The van der Waals surface area contributed by atoms with Crippen molar-refractivity contribution in [2.75, 3.05) is 6.61 Å². The van der Waals surface area contributed by atoms with Gasteiger partial charge in [-0.2, -0.15) is 0 Å². The SMILES string of the molecule is CC(=O)Oc1ccc(C(C)(C)CC(C)(C)C)cc1C1COc2ccc(C(C)(C)CC(C)(C)C)cc21. The Labute approximate surface area is 213 Å². The van der Waals surface area contributed by atoms with Crippen LogP contribution in [0.25, 0.3) is 0 Å². The molecular weight excluding hydrogens is 432 g/mol. The minimum Gasteiger partial charge on any atom is -0.492 e. The van der Waals surface area contributed by atoms with Crippen molar-refractivity contribution in [1.29, 1.82) is 0 Å². The number of ether oxygens (including phenoxy) is 2. The van der Waals surface area contributed by atoms with Crippen LogP contribution in [0.5, 0.6) is 11.5 Å². The third-order valence-corrected chi connectivity index (χ3v) is 6.94. The van der Waals surface area contributed by atoms with E-state index in [0.29, 0.717) is 12.4 Å². The summed E-state index contributed by atoms with van der Waals surface area (Å²) in [6.45, 7) is 25.0. The Hall–Kier alpha value is -2.29. The highest BCUT2D eigenvalue weighted by Gasteiger charge is 2.34. The number of hydrogen-bond donors (Lipinski definition) is 0. The lowest BCUT2D eigenvalue weighted by Crippen LogP contribution is -2.25. The molecule has 0 amide bonds. The number of hydrogen-bond acceptors (Lipinski definition) is 3. The summed E-state index contributed by atoms with van der Waals surface area (Å²) < 4.78 is 11.9. The van der Waals surface area contributed by atoms with E-state index in [1.54, 1.807) is 0 Å². The van der Waals surface area contributed by atoms with E-state index in [0.717, 1.165) is 24.2 Å². The molecule has 2 aromatic rings. The van der Waals surface area contributed by atoms with Gasteiger partial charge in [-0.15, -0.1) is 0 Å². The average Bonchev–Trinajstić information content (AvgIpc) is 3.07. The summed E-state index contributed by atoms with van der Waals surface area (Å²) in [6, 6.07) is 13.0. The molecule has 0 aromatic heterocycles. The van der Waals surface area contributed by atoms with Crippen molar-refractivity contribution >= 4 is 5.97 Å². The van der Waals surface area contributed by atoms with E-state index >= 15 is 0 Å². The molecule has 192 valence electrons. The van der Waals surface area contributed by atoms with Crippen LogP contribution in [-0.4, -0.2) is 12.6 Å². The van der Waals surface area contributed by atoms with Gasteiger partial charge >= 0.3 is 5.97 Å². The summed E-state index contributed by atoms with van der Waals surface area (Å²) in [4.78, 5) is 12.0. The molecule has 35 heavy (non-hydrogen) atoms. The standard InChI is InChI=1S/C32H46O3/c1-21(33)35-28-15-13-23(32(10,11)20-30(5,6)7)17-25(28)26-18-34-27-14-12-22(16-24(26)27)31(8,9)19-29(2,3)4/h12-17,26H,18-20H2,1-11H3. The molecule has 0 bridgehead atoms. The zero-order valence-corrected chi connectivity index (χ0v) is 23.9. The summed E-state index contributed by atoms with van der Waals surface area (Å²) in [5, 5.41) is 0. The summed E-state index contributed by atoms with van der Waals surface area (Å²) in [5.74, 6) is 1.29. The normalized spacial score (nSPS) is 16.6. The Morgan fingerprint density at radius 2 is 1.29 bits per heavy atom. The van der Waals surface area contributed by atoms with Crippen molar-refractivity contribution in [3.8, 4) is 11.5 Å². The summed E-state index contributed by atoms with van der Waals surface area (Å²) in [6.07, 6.45) is 2.13. The summed E-state index contributed by atoms with van der Waals surface area (Å²) in [7, 11) is 0. The highest BCUT2D eigenvalue weighted by Crippen LogP contribution is 2.46. The van der Waals surface area contributed by atoms with Crippen LogP contribution >= 0.6 is 0 Å². The van der Waals surface area contributed by atoms with Crippen molar-refractivity contribution in [2.45, 2.75) is 106 Å². The predicted octanol–water partition coefficient (Wildman–Crippen LogP) is 8.56. The first kappa shape index (κ1) is 27.3. The second-order valence-electron chi connectivity index (χ2n) is 14.2. The third-order valence-electron chi connectivity index (χ3n) is 6.94. The Bertz CT molecular complexity index is 1080. The maximum atomic E-state index is 12.0. The van der Waals surface area contributed by atoms with Gasteiger partial charge in [0, 0.05) is 18.1 Å². The molecule has 3 rings (SSSR count). The third kappa shape index (κ3) is 6.68. The van der Waals surface area contributed by atoms with Gasteiger partial charge in [-0.3, -0.25) is 4.79 Å². The van der Waals surface area contributed by atoms with E-state index < -0.39 is 0 Å². The molecule has 0 N–H and O–H groups in total. The number of rotatable bonds is 6. The number of carbonyl (C=O) groups is 1. The first-order chi connectivity index (χ1) is 15.9. The van der Waals surface area contributed by atoms with Crippen LogP contribution < -0.4 is 9.47 Å². The van der Waals surface area contributed by atoms with E-state index in [1.807, 2.05) is 6.07 Å². The van der Waals surface area contributed by atoms with E-state index in [-0.39, 0.29) is 33.5 Å². The van der Waals surface area contributed by atoms with Crippen molar-refractivity contribution in [2.24, 2.45) is 10.8 Å². The predicted molar refractivity (Wildman–Crippen MR) is 146 cm³/mol. The highest BCUT2D eigenvalue weighted by molar-refractivity contribution is 5.70. The number of carbonyl (C=O) groups excluding carboxylic acids is 1. The van der Waals surface area contributed by atoms with Gasteiger partial charge in [-0.1, -0.05) is 93.5 Å². The second kappa shape index (κ2) is 9.30. The smallest absolute Gasteiger partial charge is 0.308 e. The molecule has 0 radical (unpaired) electrons. The quantitative estimate of drug-likeness (QED) is 0.308. The highest BCUT2D eigenvalue weighted by atomic mass is 16.5. The van der Waals surface area contributed by atoms with Crippen molar-refractivity contribution in [3.05, 3.63) is 58.7 Å². The summed E-state index contributed by atoms with van der Waals surface area (Å²) >= 11 is 0. The molecule has 1 atom stereocenters. The first-order valence-corrected chi connectivity index (χ1v) is 13.0. The lowest BCUT2D eigenvalue weighted by molar-refractivity contribution is -0.131. The van der Waals surface area contributed by atoms with Crippen LogP contribution in [0.15, 0.2) is 36.4 Å². The summed E-state index contributed by atoms with van der Waals surface area (Å²) in [5.41, 5.74) is 5.25. The Morgan fingerprint density at radius 1 is 0.800 bits per heavy atom. The van der Waals surface area contributed by atoms with E-state index in [4.69, 9.17) is 9.47 Å². The van der Waals surface area contributed by atoms with Crippen LogP contribution in [-0.2, 0) is 15.6 Å². The number of esters is 1. The monoisotopic (exact) mass is 478 g/mol. The van der Waals surface area contributed by atoms with E-state index in [1.165, 1.54) is 23.6 Å². The minimum absolute atomic E-state index is 0.0133. The molecule has 1 heterocycles. The fraction of sp³-hybridized carbons (Fsp3) is 0.594. The molecule has 3 heteroatoms. The lowest BCUT2D eigenvalue weighted by atomic mass is 9.71. The van der Waals surface area contributed by atoms with E-state index in [2.05, 4.69) is 99.6 Å². The van der Waals surface area contributed by atoms with Gasteiger partial charge in [0.1, 0.15) is 11.5 Å². The Kier molecular flexibility index (Phi) is 7.25. The molecule has 1 aliphatic rings. The zero-order valence-electron chi connectivity index (χ0n) is 23.9. The van der Waals surface area contributed by atoms with Gasteiger partial charge < -0.3 is 9.47 Å². The van der Waals surface area contributed by atoms with Crippen LogP contribution in [0.1, 0.15) is 117 Å². The molecular formula is C32H46O3. The van der Waals surface area contributed by atoms with Crippen LogP contribution in [0.4, 0.5) is 0 Å². The molecule has 1 aliphatic heterocycles. The molecule has 0 aliphatic carbocycles. The van der Waals surface area contributed by atoms with Crippen molar-refractivity contribution in [3.63, 3.8) is 0 Å². The van der Waals surface area contributed by atoms with Crippen LogP contribution in [0.2, 0.25) is 0 Å². The Balaban J connectivity index is 2.09.